The van der Waals surface area contributed by atoms with Gasteiger partial charge in [-0.1, -0.05) is 0 Å². The van der Waals surface area contributed by atoms with E-state index in [1.165, 1.54) is 12.1 Å². The largest absolute Gasteiger partial charge is 0.480 e. The number of aliphatic hydroxyl groups is 1. The minimum atomic E-state index is -1.36. The Hall–Kier alpha value is -1.53. The van der Waals surface area contributed by atoms with Crippen LogP contribution in [0.3, 0.4) is 0 Å². The van der Waals surface area contributed by atoms with Crippen molar-refractivity contribution in [2.75, 3.05) is 6.61 Å². The second kappa shape index (κ2) is 4.81. The summed E-state index contributed by atoms with van der Waals surface area (Å²) in [5.74, 6) is -2.19. The molecular weight excluding hydrogens is 226 g/mol. The number of amides is 1. The van der Waals surface area contributed by atoms with E-state index >= 15 is 0 Å². The maximum Gasteiger partial charge on any atom is 0.328 e. The summed E-state index contributed by atoms with van der Waals surface area (Å²) in [6.07, 6.45) is 0. The molecule has 1 rings (SSSR count). The SMILES string of the molecule is O=C(NC(CO)C(=O)O)c1ccc(Cl)o1. The van der Waals surface area contributed by atoms with E-state index in [2.05, 4.69) is 5.32 Å². The van der Waals surface area contributed by atoms with Crippen molar-refractivity contribution < 1.29 is 24.2 Å². The van der Waals surface area contributed by atoms with Crippen LogP contribution in [0.5, 0.6) is 0 Å². The van der Waals surface area contributed by atoms with Crippen LogP contribution < -0.4 is 5.32 Å². The summed E-state index contributed by atoms with van der Waals surface area (Å²) in [4.78, 5) is 21.8. The molecule has 1 aromatic heterocycles. The van der Waals surface area contributed by atoms with E-state index in [-0.39, 0.29) is 11.0 Å². The van der Waals surface area contributed by atoms with E-state index in [1.807, 2.05) is 0 Å². The predicted molar refractivity (Wildman–Crippen MR) is 49.7 cm³/mol. The van der Waals surface area contributed by atoms with Gasteiger partial charge in [0.05, 0.1) is 6.61 Å². The van der Waals surface area contributed by atoms with Crippen molar-refractivity contribution in [1.29, 1.82) is 0 Å². The van der Waals surface area contributed by atoms with Crippen molar-refractivity contribution in [3.05, 3.63) is 23.1 Å². The molecule has 82 valence electrons. The Balaban J connectivity index is 2.66. The first-order chi connectivity index (χ1) is 7.04. The summed E-state index contributed by atoms with van der Waals surface area (Å²) >= 11 is 5.43. The molecule has 1 amide bonds. The standard InChI is InChI=1S/C8H8ClNO5/c9-6-2-1-5(15-6)7(12)10-4(3-11)8(13)14/h1-2,4,11H,3H2,(H,10,12)(H,13,14). The molecular formula is C8H8ClNO5. The minimum absolute atomic E-state index is 0.0241. The van der Waals surface area contributed by atoms with E-state index in [0.29, 0.717) is 0 Å². The van der Waals surface area contributed by atoms with Crippen molar-refractivity contribution >= 4 is 23.5 Å². The molecule has 3 N–H and O–H groups in total. The number of aliphatic carboxylic acids is 1. The minimum Gasteiger partial charge on any atom is -0.480 e. The molecule has 1 heterocycles. The third-order valence-electron chi connectivity index (χ3n) is 1.58. The van der Waals surface area contributed by atoms with Gasteiger partial charge in [0.15, 0.2) is 17.0 Å². The molecule has 1 unspecified atom stereocenters. The maximum absolute atomic E-state index is 11.3. The zero-order chi connectivity index (χ0) is 11.4. The molecule has 0 aliphatic carbocycles. The van der Waals surface area contributed by atoms with E-state index in [0.717, 1.165) is 0 Å². The number of rotatable bonds is 4. The highest BCUT2D eigenvalue weighted by atomic mass is 35.5. The average molecular weight is 234 g/mol. The van der Waals surface area contributed by atoms with Crippen LogP contribution >= 0.6 is 11.6 Å². The number of hydrogen-bond acceptors (Lipinski definition) is 4. The molecule has 6 nitrogen and oxygen atoms in total. The summed E-state index contributed by atoms with van der Waals surface area (Å²) in [5, 5.41) is 19.3. The molecule has 0 saturated carbocycles. The Kier molecular flexibility index (Phi) is 3.70. The van der Waals surface area contributed by atoms with Gasteiger partial charge in [0.2, 0.25) is 0 Å². The van der Waals surface area contributed by atoms with Crippen LogP contribution in [0.15, 0.2) is 16.5 Å². The van der Waals surface area contributed by atoms with Crippen molar-refractivity contribution in [3.63, 3.8) is 0 Å². The van der Waals surface area contributed by atoms with Gasteiger partial charge in [-0.25, -0.2) is 4.79 Å². The number of carbonyl (C=O) groups excluding carboxylic acids is 1. The molecule has 15 heavy (non-hydrogen) atoms. The summed E-state index contributed by atoms with van der Waals surface area (Å²) in [5.41, 5.74) is 0. The first kappa shape index (κ1) is 11.5. The van der Waals surface area contributed by atoms with E-state index in [9.17, 15) is 9.59 Å². The van der Waals surface area contributed by atoms with Gasteiger partial charge in [0, 0.05) is 0 Å². The summed E-state index contributed by atoms with van der Waals surface area (Å²) < 4.78 is 4.75. The van der Waals surface area contributed by atoms with Crippen LogP contribution in [-0.4, -0.2) is 34.7 Å². The highest BCUT2D eigenvalue weighted by Gasteiger charge is 2.21. The van der Waals surface area contributed by atoms with E-state index < -0.39 is 24.5 Å². The van der Waals surface area contributed by atoms with Gasteiger partial charge in [-0.05, 0) is 23.7 Å². The lowest BCUT2D eigenvalue weighted by molar-refractivity contribution is -0.140. The van der Waals surface area contributed by atoms with Crippen LogP contribution in [0.2, 0.25) is 5.22 Å². The zero-order valence-electron chi connectivity index (χ0n) is 7.44. The second-order valence-corrected chi connectivity index (χ2v) is 3.02. The van der Waals surface area contributed by atoms with Crippen molar-refractivity contribution in [1.82, 2.24) is 5.32 Å². The smallest absolute Gasteiger partial charge is 0.328 e. The molecule has 0 spiro atoms. The van der Waals surface area contributed by atoms with Crippen LogP contribution in [0.25, 0.3) is 0 Å². The molecule has 0 fully saturated rings. The van der Waals surface area contributed by atoms with Crippen LogP contribution in [0.1, 0.15) is 10.6 Å². The Morgan fingerprint density at radius 2 is 2.20 bits per heavy atom. The quantitative estimate of drug-likeness (QED) is 0.685. The summed E-state index contributed by atoms with van der Waals surface area (Å²) in [7, 11) is 0. The first-order valence-corrected chi connectivity index (χ1v) is 4.32. The Morgan fingerprint density at radius 1 is 1.53 bits per heavy atom. The monoisotopic (exact) mass is 233 g/mol. The van der Waals surface area contributed by atoms with E-state index in [4.69, 9.17) is 26.2 Å². The normalized spacial score (nSPS) is 12.1. The topological polar surface area (TPSA) is 99.8 Å². The van der Waals surface area contributed by atoms with Gasteiger partial charge >= 0.3 is 5.97 Å². The number of furan rings is 1. The fourth-order valence-electron chi connectivity index (χ4n) is 0.851. The lowest BCUT2D eigenvalue weighted by atomic mass is 10.3. The molecule has 0 aromatic carbocycles. The fourth-order valence-corrected chi connectivity index (χ4v) is 0.997. The third kappa shape index (κ3) is 2.97. The average Bonchev–Trinajstić information content (AvgIpc) is 2.60. The Bertz CT molecular complexity index is 375. The Labute approximate surface area is 89.5 Å². The van der Waals surface area contributed by atoms with Gasteiger partial charge in [0.25, 0.3) is 5.91 Å². The number of aliphatic hydroxyl groups excluding tert-OH is 1. The lowest BCUT2D eigenvalue weighted by Gasteiger charge is -2.09. The zero-order valence-corrected chi connectivity index (χ0v) is 8.19. The molecule has 7 heteroatoms. The molecule has 0 aliphatic heterocycles. The number of carbonyl (C=O) groups is 2. The highest BCUT2D eigenvalue weighted by molar-refractivity contribution is 6.29. The summed E-state index contributed by atoms with van der Waals surface area (Å²) in [6.45, 7) is -0.699. The van der Waals surface area contributed by atoms with Gasteiger partial charge < -0.3 is 19.9 Å². The number of carboxylic acid groups (broad SMARTS) is 1. The third-order valence-corrected chi connectivity index (χ3v) is 1.79. The van der Waals surface area contributed by atoms with Crippen LogP contribution in [-0.2, 0) is 4.79 Å². The number of halogens is 1. The molecule has 0 aliphatic rings. The lowest BCUT2D eigenvalue weighted by Crippen LogP contribution is -2.43. The summed E-state index contributed by atoms with van der Waals surface area (Å²) in [6, 6.07) is 1.29. The number of nitrogens with one attached hydrogen (secondary N) is 1. The van der Waals surface area contributed by atoms with Crippen LogP contribution in [0, 0.1) is 0 Å². The first-order valence-electron chi connectivity index (χ1n) is 3.94. The number of carboxylic acids is 1. The molecule has 1 aromatic rings. The predicted octanol–water partition coefficient (Wildman–Crippen LogP) is 0.108. The van der Waals surface area contributed by atoms with Gasteiger partial charge in [0.1, 0.15) is 0 Å². The number of hydrogen-bond donors (Lipinski definition) is 3. The van der Waals surface area contributed by atoms with Crippen molar-refractivity contribution in [3.8, 4) is 0 Å². The maximum atomic E-state index is 11.3. The van der Waals surface area contributed by atoms with Gasteiger partial charge in [-0.15, -0.1) is 0 Å². The van der Waals surface area contributed by atoms with Gasteiger partial charge in [-0.3, -0.25) is 4.79 Å². The highest BCUT2D eigenvalue weighted by Crippen LogP contribution is 2.12. The molecule has 1 atom stereocenters. The fraction of sp³-hybridized carbons (Fsp3) is 0.250. The molecule has 0 saturated heterocycles. The molecule has 0 radical (unpaired) electrons. The van der Waals surface area contributed by atoms with Crippen molar-refractivity contribution in [2.45, 2.75) is 6.04 Å². The second-order valence-electron chi connectivity index (χ2n) is 2.65. The van der Waals surface area contributed by atoms with Crippen molar-refractivity contribution in [2.24, 2.45) is 0 Å². The van der Waals surface area contributed by atoms with E-state index in [1.54, 1.807) is 0 Å². The molecule has 0 bridgehead atoms. The Morgan fingerprint density at radius 3 is 2.60 bits per heavy atom. The van der Waals surface area contributed by atoms with Crippen LogP contribution in [0.4, 0.5) is 0 Å². The van der Waals surface area contributed by atoms with Gasteiger partial charge in [-0.2, -0.15) is 0 Å².